The number of halogens is 2. The zero-order valence-corrected chi connectivity index (χ0v) is 11.7. The smallest absolute Gasteiger partial charge is 0.0780 e. The Balaban J connectivity index is 2.29. The van der Waals surface area contributed by atoms with E-state index in [0.717, 1.165) is 31.5 Å². The molecule has 0 N–H and O–H groups in total. The first-order chi connectivity index (χ1) is 8.74. The fraction of sp³-hybridized carbons (Fsp3) is 0. The summed E-state index contributed by atoms with van der Waals surface area (Å²) in [6.45, 7) is 0. The summed E-state index contributed by atoms with van der Waals surface area (Å²) >= 11 is 9.50. The van der Waals surface area contributed by atoms with E-state index in [1.54, 1.807) is 0 Å². The first kappa shape index (κ1) is 11.7. The Kier molecular flexibility index (Phi) is 3.06. The molecule has 0 bridgehead atoms. The fourth-order valence-electron chi connectivity index (χ4n) is 2.01. The molecule has 0 unspecified atom stereocenters. The van der Waals surface area contributed by atoms with E-state index in [-0.39, 0.29) is 0 Å². The molecule has 0 aliphatic heterocycles. The summed E-state index contributed by atoms with van der Waals surface area (Å²) in [5.74, 6) is 0. The van der Waals surface area contributed by atoms with Gasteiger partial charge in [0.25, 0.3) is 0 Å². The zero-order valence-electron chi connectivity index (χ0n) is 9.40. The van der Waals surface area contributed by atoms with Crippen molar-refractivity contribution >= 4 is 38.3 Å². The highest BCUT2D eigenvalue weighted by Gasteiger charge is 2.05. The first-order valence-corrected chi connectivity index (χ1v) is 6.71. The summed E-state index contributed by atoms with van der Waals surface area (Å²) < 4.78 is 1.05. The maximum Gasteiger partial charge on any atom is 0.0780 e. The van der Waals surface area contributed by atoms with E-state index >= 15 is 0 Å². The Morgan fingerprint density at radius 3 is 2.72 bits per heavy atom. The lowest BCUT2D eigenvalue weighted by Gasteiger charge is -2.06. The van der Waals surface area contributed by atoms with Gasteiger partial charge in [-0.15, -0.1) is 0 Å². The van der Waals surface area contributed by atoms with Crippen LogP contribution >= 0.6 is 27.5 Å². The number of nitrogens with zero attached hydrogens (tertiary/aromatic N) is 1. The van der Waals surface area contributed by atoms with Gasteiger partial charge in [-0.1, -0.05) is 45.7 Å². The first-order valence-electron chi connectivity index (χ1n) is 5.54. The fourth-order valence-corrected chi connectivity index (χ4v) is 2.59. The molecule has 0 saturated heterocycles. The molecule has 0 aliphatic carbocycles. The maximum atomic E-state index is 6.01. The van der Waals surface area contributed by atoms with Crippen molar-refractivity contribution in [1.29, 1.82) is 0 Å². The third kappa shape index (κ3) is 2.14. The molecular weight excluding hydrogens is 310 g/mol. The Labute approximate surface area is 119 Å². The second kappa shape index (κ2) is 4.71. The van der Waals surface area contributed by atoms with Gasteiger partial charge in [-0.05, 0) is 35.7 Å². The van der Waals surface area contributed by atoms with Crippen LogP contribution in [0.15, 0.2) is 59.2 Å². The normalized spacial score (nSPS) is 10.8. The SMILES string of the molecule is Clc1ccc2c(-c3cccc(Br)c3)nccc2c1. The van der Waals surface area contributed by atoms with E-state index in [9.17, 15) is 0 Å². The molecule has 18 heavy (non-hydrogen) atoms. The van der Waals surface area contributed by atoms with Crippen LogP contribution in [-0.2, 0) is 0 Å². The second-order valence-corrected chi connectivity index (χ2v) is 5.39. The van der Waals surface area contributed by atoms with Crippen LogP contribution in [0.1, 0.15) is 0 Å². The van der Waals surface area contributed by atoms with E-state index in [1.807, 2.05) is 42.6 Å². The molecule has 1 aromatic heterocycles. The minimum Gasteiger partial charge on any atom is -0.256 e. The molecule has 88 valence electrons. The Morgan fingerprint density at radius 1 is 1.00 bits per heavy atom. The van der Waals surface area contributed by atoms with Crippen molar-refractivity contribution in [1.82, 2.24) is 4.98 Å². The molecule has 0 atom stereocenters. The van der Waals surface area contributed by atoms with E-state index < -0.39 is 0 Å². The number of benzene rings is 2. The van der Waals surface area contributed by atoms with Crippen molar-refractivity contribution in [2.75, 3.05) is 0 Å². The number of fused-ring (bicyclic) bond motifs is 1. The molecule has 3 heteroatoms. The summed E-state index contributed by atoms with van der Waals surface area (Å²) in [4.78, 5) is 4.48. The van der Waals surface area contributed by atoms with Gasteiger partial charge in [0.2, 0.25) is 0 Å². The molecule has 1 nitrogen and oxygen atoms in total. The molecule has 0 spiro atoms. The van der Waals surface area contributed by atoms with Crippen LogP contribution in [-0.4, -0.2) is 4.98 Å². The van der Waals surface area contributed by atoms with Crippen LogP contribution in [0.3, 0.4) is 0 Å². The van der Waals surface area contributed by atoms with Crippen molar-refractivity contribution in [2.24, 2.45) is 0 Å². The van der Waals surface area contributed by atoms with Gasteiger partial charge >= 0.3 is 0 Å². The molecular formula is C15H9BrClN. The van der Waals surface area contributed by atoms with Crippen molar-refractivity contribution in [3.8, 4) is 11.3 Å². The van der Waals surface area contributed by atoms with Crippen LogP contribution in [0.4, 0.5) is 0 Å². The Bertz CT molecular complexity index is 725. The van der Waals surface area contributed by atoms with Crippen LogP contribution in [0.2, 0.25) is 5.02 Å². The summed E-state index contributed by atoms with van der Waals surface area (Å²) in [6.07, 6.45) is 1.81. The van der Waals surface area contributed by atoms with Gasteiger partial charge in [0.15, 0.2) is 0 Å². The highest BCUT2D eigenvalue weighted by molar-refractivity contribution is 9.10. The lowest BCUT2D eigenvalue weighted by Crippen LogP contribution is -1.85. The van der Waals surface area contributed by atoms with E-state index in [2.05, 4.69) is 33.0 Å². The Hall–Kier alpha value is -1.38. The van der Waals surface area contributed by atoms with Crippen LogP contribution in [0.5, 0.6) is 0 Å². The van der Waals surface area contributed by atoms with Gasteiger partial charge in [-0.2, -0.15) is 0 Å². The number of hydrogen-bond donors (Lipinski definition) is 0. The molecule has 0 saturated carbocycles. The number of pyridine rings is 1. The monoisotopic (exact) mass is 317 g/mol. The number of hydrogen-bond acceptors (Lipinski definition) is 1. The van der Waals surface area contributed by atoms with Crippen LogP contribution in [0.25, 0.3) is 22.0 Å². The highest BCUT2D eigenvalue weighted by atomic mass is 79.9. The van der Waals surface area contributed by atoms with Crippen LogP contribution in [0, 0.1) is 0 Å². The van der Waals surface area contributed by atoms with Gasteiger partial charge in [0.1, 0.15) is 0 Å². The minimum atomic E-state index is 0.744. The standard InChI is InChI=1S/C15H9BrClN/c16-12-3-1-2-11(8-12)15-14-5-4-13(17)9-10(14)6-7-18-15/h1-9H. The van der Waals surface area contributed by atoms with Crippen molar-refractivity contribution in [2.45, 2.75) is 0 Å². The maximum absolute atomic E-state index is 6.01. The van der Waals surface area contributed by atoms with E-state index in [1.165, 1.54) is 0 Å². The lowest BCUT2D eigenvalue weighted by atomic mass is 10.0. The third-order valence-electron chi connectivity index (χ3n) is 2.82. The molecule has 2 aromatic carbocycles. The predicted octanol–water partition coefficient (Wildman–Crippen LogP) is 5.32. The third-order valence-corrected chi connectivity index (χ3v) is 3.55. The second-order valence-electron chi connectivity index (χ2n) is 4.04. The number of aromatic nitrogens is 1. The highest BCUT2D eigenvalue weighted by Crippen LogP contribution is 2.29. The topological polar surface area (TPSA) is 12.9 Å². The largest absolute Gasteiger partial charge is 0.256 e. The van der Waals surface area contributed by atoms with Crippen molar-refractivity contribution < 1.29 is 0 Å². The van der Waals surface area contributed by atoms with E-state index in [0.29, 0.717) is 0 Å². The predicted molar refractivity (Wildman–Crippen MR) is 79.9 cm³/mol. The van der Waals surface area contributed by atoms with Crippen molar-refractivity contribution in [3.63, 3.8) is 0 Å². The summed E-state index contributed by atoms with van der Waals surface area (Å²) in [5.41, 5.74) is 2.07. The molecule has 0 fully saturated rings. The van der Waals surface area contributed by atoms with Gasteiger partial charge in [-0.25, -0.2) is 0 Å². The minimum absolute atomic E-state index is 0.744. The summed E-state index contributed by atoms with van der Waals surface area (Å²) in [5, 5.41) is 2.96. The average molecular weight is 319 g/mol. The molecule has 0 aliphatic rings. The average Bonchev–Trinajstić information content (AvgIpc) is 2.37. The zero-order chi connectivity index (χ0) is 12.5. The van der Waals surface area contributed by atoms with Crippen molar-refractivity contribution in [3.05, 3.63) is 64.2 Å². The molecule has 1 heterocycles. The summed E-state index contributed by atoms with van der Waals surface area (Å²) in [6, 6.07) is 16.0. The molecule has 0 radical (unpaired) electrons. The van der Waals surface area contributed by atoms with Gasteiger partial charge < -0.3 is 0 Å². The Morgan fingerprint density at radius 2 is 1.89 bits per heavy atom. The quantitative estimate of drug-likeness (QED) is 0.592. The van der Waals surface area contributed by atoms with Crippen LogP contribution < -0.4 is 0 Å². The molecule has 3 rings (SSSR count). The molecule has 0 amide bonds. The van der Waals surface area contributed by atoms with Gasteiger partial charge in [-0.3, -0.25) is 4.98 Å². The summed E-state index contributed by atoms with van der Waals surface area (Å²) in [7, 11) is 0. The van der Waals surface area contributed by atoms with Gasteiger partial charge in [0, 0.05) is 26.6 Å². The molecule has 3 aromatic rings. The van der Waals surface area contributed by atoms with E-state index in [4.69, 9.17) is 11.6 Å². The number of rotatable bonds is 1. The lowest BCUT2D eigenvalue weighted by molar-refractivity contribution is 1.35. The van der Waals surface area contributed by atoms with Gasteiger partial charge in [0.05, 0.1) is 5.69 Å².